The number of aliphatic carboxylic acids is 1. The maximum atomic E-state index is 13.0. The number of esters is 1. The Balaban J connectivity index is 1.46. The van der Waals surface area contributed by atoms with Crippen LogP contribution in [-0.2, 0) is 30.5 Å². The van der Waals surface area contributed by atoms with Gasteiger partial charge in [-0.3, -0.25) is 9.59 Å². The second-order valence-electron chi connectivity index (χ2n) is 9.26. The summed E-state index contributed by atoms with van der Waals surface area (Å²) in [4.78, 5) is 54.7. The molecule has 0 aromatic heterocycles. The van der Waals surface area contributed by atoms with Crippen molar-refractivity contribution in [2.45, 2.75) is 70.6 Å². The Kier molecular flexibility index (Phi) is 10.1. The van der Waals surface area contributed by atoms with Gasteiger partial charge in [-0.2, -0.15) is 0 Å². The second-order valence-corrected chi connectivity index (χ2v) is 9.26. The number of hydrogen-bond acceptors (Lipinski definition) is 6. The molecule has 2 aliphatic heterocycles. The van der Waals surface area contributed by atoms with Gasteiger partial charge in [0, 0.05) is 39.0 Å². The molecule has 9 nitrogen and oxygen atoms in total. The SMILES string of the molecule is CCCN(CCC(=O)N1CCC[C@@H]1C(=O)O)CCC(=O)N1CCC[C@@H]1C(=O)OCc1ccccc1. The number of ether oxygens (including phenoxy) is 1. The van der Waals surface area contributed by atoms with Crippen molar-refractivity contribution in [2.75, 3.05) is 32.7 Å². The van der Waals surface area contributed by atoms with Gasteiger partial charge >= 0.3 is 11.9 Å². The number of likely N-dealkylation sites (tertiary alicyclic amines) is 2. The van der Waals surface area contributed by atoms with Crippen LogP contribution in [0.1, 0.15) is 57.4 Å². The molecule has 9 heteroatoms. The molecule has 2 heterocycles. The molecule has 3 rings (SSSR count). The van der Waals surface area contributed by atoms with Gasteiger partial charge in [-0.25, -0.2) is 9.59 Å². The highest BCUT2D eigenvalue weighted by atomic mass is 16.5. The number of rotatable bonds is 12. The van der Waals surface area contributed by atoms with Gasteiger partial charge in [-0.15, -0.1) is 0 Å². The van der Waals surface area contributed by atoms with Crippen LogP contribution in [0.4, 0.5) is 0 Å². The lowest BCUT2D eigenvalue weighted by Gasteiger charge is -2.27. The molecule has 2 fully saturated rings. The Labute approximate surface area is 207 Å². The third-order valence-corrected chi connectivity index (χ3v) is 6.75. The van der Waals surface area contributed by atoms with Gasteiger partial charge in [0.05, 0.1) is 0 Å². The Bertz CT molecular complexity index is 877. The predicted octanol–water partition coefficient (Wildman–Crippen LogP) is 2.29. The lowest BCUT2D eigenvalue weighted by molar-refractivity contribution is -0.154. The number of amides is 2. The molecule has 0 bridgehead atoms. The Hall–Kier alpha value is -2.94. The Morgan fingerprint density at radius 3 is 2.06 bits per heavy atom. The van der Waals surface area contributed by atoms with Crippen molar-refractivity contribution < 1.29 is 29.0 Å². The zero-order chi connectivity index (χ0) is 25.2. The standard InChI is InChI=1S/C26H37N3O6/c1-2-14-27(17-12-23(30)28-15-6-10-21(28)25(32)33)18-13-24(31)29-16-7-11-22(29)26(34)35-19-20-8-4-3-5-9-20/h3-5,8-9,21-22H,2,6-7,10-19H2,1H3,(H,32,33)/t21-,22-/m1/s1. The minimum Gasteiger partial charge on any atom is -0.480 e. The van der Waals surface area contributed by atoms with Crippen LogP contribution in [0.15, 0.2) is 30.3 Å². The van der Waals surface area contributed by atoms with E-state index in [1.807, 2.05) is 37.3 Å². The fourth-order valence-corrected chi connectivity index (χ4v) is 4.90. The highest BCUT2D eigenvalue weighted by Gasteiger charge is 2.36. The topological polar surface area (TPSA) is 107 Å². The predicted molar refractivity (Wildman–Crippen MR) is 129 cm³/mol. The maximum absolute atomic E-state index is 13.0. The molecule has 1 aromatic carbocycles. The van der Waals surface area contributed by atoms with E-state index < -0.39 is 18.1 Å². The van der Waals surface area contributed by atoms with Crippen molar-refractivity contribution in [3.63, 3.8) is 0 Å². The molecule has 1 aromatic rings. The summed E-state index contributed by atoms with van der Waals surface area (Å²) in [5.74, 6) is -1.55. The normalized spacial score (nSPS) is 19.8. The van der Waals surface area contributed by atoms with Gasteiger partial charge in [0.15, 0.2) is 0 Å². The van der Waals surface area contributed by atoms with E-state index in [0.717, 1.165) is 24.9 Å². The lowest BCUT2D eigenvalue weighted by atomic mass is 10.2. The highest BCUT2D eigenvalue weighted by Crippen LogP contribution is 2.21. The minimum absolute atomic E-state index is 0.0814. The molecule has 0 spiro atoms. The molecular weight excluding hydrogens is 450 g/mol. The van der Waals surface area contributed by atoms with Crippen LogP contribution in [-0.4, -0.2) is 88.4 Å². The molecule has 1 N–H and O–H groups in total. The van der Waals surface area contributed by atoms with Crippen molar-refractivity contribution in [3.05, 3.63) is 35.9 Å². The summed E-state index contributed by atoms with van der Waals surface area (Å²) in [6.07, 6.45) is 3.95. The molecule has 2 amide bonds. The third-order valence-electron chi connectivity index (χ3n) is 6.75. The third kappa shape index (κ3) is 7.52. The van der Waals surface area contributed by atoms with E-state index in [9.17, 15) is 24.3 Å². The van der Waals surface area contributed by atoms with Gasteiger partial charge < -0.3 is 24.5 Å². The van der Waals surface area contributed by atoms with Crippen LogP contribution in [0, 0.1) is 0 Å². The minimum atomic E-state index is -0.950. The van der Waals surface area contributed by atoms with E-state index in [4.69, 9.17) is 4.74 Å². The van der Waals surface area contributed by atoms with Crippen molar-refractivity contribution in [3.8, 4) is 0 Å². The van der Waals surface area contributed by atoms with Crippen LogP contribution in [0.25, 0.3) is 0 Å². The number of carboxylic acids is 1. The van der Waals surface area contributed by atoms with Crippen LogP contribution in [0.3, 0.4) is 0 Å². The van der Waals surface area contributed by atoms with Gasteiger partial charge in [0.25, 0.3) is 0 Å². The van der Waals surface area contributed by atoms with Crippen molar-refractivity contribution in [1.29, 1.82) is 0 Å². The number of carbonyl (C=O) groups excluding carboxylic acids is 3. The summed E-state index contributed by atoms with van der Waals surface area (Å²) in [7, 11) is 0. The van der Waals surface area contributed by atoms with Crippen molar-refractivity contribution in [2.24, 2.45) is 0 Å². The Morgan fingerprint density at radius 1 is 0.914 bits per heavy atom. The second kappa shape index (κ2) is 13.2. The van der Waals surface area contributed by atoms with Crippen LogP contribution in [0.5, 0.6) is 0 Å². The molecule has 2 saturated heterocycles. The Morgan fingerprint density at radius 2 is 1.49 bits per heavy atom. The number of nitrogens with zero attached hydrogens (tertiary/aromatic N) is 3. The van der Waals surface area contributed by atoms with Gasteiger partial charge in [-0.1, -0.05) is 37.3 Å². The fourth-order valence-electron chi connectivity index (χ4n) is 4.90. The van der Waals surface area contributed by atoms with Crippen LogP contribution >= 0.6 is 0 Å². The van der Waals surface area contributed by atoms with E-state index >= 15 is 0 Å². The molecule has 2 atom stereocenters. The summed E-state index contributed by atoms with van der Waals surface area (Å²) in [6, 6.07) is 8.19. The summed E-state index contributed by atoms with van der Waals surface area (Å²) < 4.78 is 5.47. The number of carbonyl (C=O) groups is 4. The van der Waals surface area contributed by atoms with E-state index in [1.165, 1.54) is 4.90 Å². The summed E-state index contributed by atoms with van der Waals surface area (Å²) in [6.45, 7) is 4.97. The monoisotopic (exact) mass is 487 g/mol. The quantitative estimate of drug-likeness (QED) is 0.451. The first kappa shape index (κ1) is 26.7. The fraction of sp³-hybridized carbons (Fsp3) is 0.615. The molecule has 0 radical (unpaired) electrons. The maximum Gasteiger partial charge on any atom is 0.329 e. The summed E-state index contributed by atoms with van der Waals surface area (Å²) >= 11 is 0. The first-order valence-corrected chi connectivity index (χ1v) is 12.6. The zero-order valence-corrected chi connectivity index (χ0v) is 20.6. The van der Waals surface area contributed by atoms with Gasteiger partial charge in [0.1, 0.15) is 18.7 Å². The molecule has 0 aliphatic carbocycles. The number of hydrogen-bond donors (Lipinski definition) is 1. The highest BCUT2D eigenvalue weighted by molar-refractivity contribution is 5.85. The smallest absolute Gasteiger partial charge is 0.329 e. The molecule has 35 heavy (non-hydrogen) atoms. The van der Waals surface area contributed by atoms with Crippen LogP contribution in [0.2, 0.25) is 0 Å². The average Bonchev–Trinajstić information content (AvgIpc) is 3.55. The molecule has 0 unspecified atom stereocenters. The largest absolute Gasteiger partial charge is 0.480 e. The van der Waals surface area contributed by atoms with E-state index in [0.29, 0.717) is 45.4 Å². The van der Waals surface area contributed by atoms with Gasteiger partial charge in [-0.05, 0) is 44.2 Å². The molecule has 192 valence electrons. The van der Waals surface area contributed by atoms with Gasteiger partial charge in [0.2, 0.25) is 11.8 Å². The van der Waals surface area contributed by atoms with E-state index in [2.05, 4.69) is 4.90 Å². The van der Waals surface area contributed by atoms with Crippen LogP contribution < -0.4 is 0 Å². The van der Waals surface area contributed by atoms with Crippen molar-refractivity contribution >= 4 is 23.8 Å². The van der Waals surface area contributed by atoms with Crippen molar-refractivity contribution in [1.82, 2.24) is 14.7 Å². The number of benzene rings is 1. The lowest BCUT2D eigenvalue weighted by Crippen LogP contribution is -2.43. The zero-order valence-electron chi connectivity index (χ0n) is 20.6. The van der Waals surface area contributed by atoms with E-state index in [-0.39, 0.29) is 37.2 Å². The first-order chi connectivity index (χ1) is 16.9. The summed E-state index contributed by atoms with van der Waals surface area (Å²) in [5, 5.41) is 9.32. The van der Waals surface area contributed by atoms with E-state index in [1.54, 1.807) is 4.90 Å². The number of carboxylic acid groups (broad SMARTS) is 1. The molecular formula is C26H37N3O6. The molecule has 2 aliphatic rings. The average molecular weight is 488 g/mol. The summed E-state index contributed by atoms with van der Waals surface area (Å²) in [5.41, 5.74) is 0.907. The molecule has 0 saturated carbocycles. The first-order valence-electron chi connectivity index (χ1n) is 12.6.